The van der Waals surface area contributed by atoms with Gasteiger partial charge in [-0.2, -0.15) is 0 Å². The highest BCUT2D eigenvalue weighted by molar-refractivity contribution is 7.99. The largest absolute Gasteiger partial charge is 0.431 e. The summed E-state index contributed by atoms with van der Waals surface area (Å²) >= 11 is 1.50. The van der Waals surface area contributed by atoms with E-state index in [0.717, 1.165) is 16.0 Å². The van der Waals surface area contributed by atoms with Crippen molar-refractivity contribution in [2.24, 2.45) is 0 Å². The van der Waals surface area contributed by atoms with Crippen molar-refractivity contribution in [3.05, 3.63) is 48.0 Å². The van der Waals surface area contributed by atoms with E-state index in [4.69, 9.17) is 10.2 Å². The molecule has 1 heterocycles. The smallest absolute Gasteiger partial charge is 0.261 e. The fraction of sp³-hybridized carbons (Fsp3) is 0.0714. The molecule has 0 aliphatic carbocycles. The predicted molar refractivity (Wildman–Crippen MR) is 73.7 cm³/mol. The molecule has 0 amide bonds. The zero-order chi connectivity index (χ0) is 12.5. The van der Waals surface area contributed by atoms with E-state index in [2.05, 4.69) is 24.0 Å². The minimum atomic E-state index is 0.619. The van der Waals surface area contributed by atoms with Crippen LogP contribution in [0.4, 0.5) is 5.69 Å². The van der Waals surface area contributed by atoms with E-state index in [1.165, 1.54) is 17.3 Å². The second-order valence-corrected chi connectivity index (χ2v) is 5.12. The number of aromatic nitrogens is 1. The van der Waals surface area contributed by atoms with E-state index in [0.29, 0.717) is 10.9 Å². The van der Waals surface area contributed by atoms with Crippen LogP contribution in [0.15, 0.2) is 57.0 Å². The van der Waals surface area contributed by atoms with Crippen LogP contribution in [0.1, 0.15) is 5.56 Å². The second-order valence-electron chi connectivity index (χ2n) is 4.09. The van der Waals surface area contributed by atoms with Crippen LogP contribution in [0.5, 0.6) is 0 Å². The number of nitrogen functional groups attached to an aromatic ring is 1. The molecule has 3 rings (SSSR count). The van der Waals surface area contributed by atoms with Gasteiger partial charge in [-0.05, 0) is 43.0 Å². The number of benzene rings is 2. The van der Waals surface area contributed by atoms with Crippen LogP contribution in [-0.2, 0) is 0 Å². The molecule has 2 aromatic carbocycles. The van der Waals surface area contributed by atoms with Gasteiger partial charge in [0.05, 0.1) is 5.69 Å². The number of hydrogen-bond acceptors (Lipinski definition) is 4. The normalized spacial score (nSPS) is 10.9. The number of aryl methyl sites for hydroxylation is 1. The third-order valence-electron chi connectivity index (χ3n) is 2.63. The molecule has 90 valence electrons. The molecule has 0 atom stereocenters. The Labute approximate surface area is 109 Å². The number of nitrogens with zero attached hydrogens (tertiary/aromatic N) is 1. The maximum Gasteiger partial charge on any atom is 0.261 e. The van der Waals surface area contributed by atoms with Crippen molar-refractivity contribution in [2.45, 2.75) is 17.0 Å². The Morgan fingerprint density at radius 2 is 2.00 bits per heavy atom. The molecule has 3 nitrogen and oxygen atoms in total. The first kappa shape index (κ1) is 11.2. The fourth-order valence-electron chi connectivity index (χ4n) is 1.77. The van der Waals surface area contributed by atoms with Crippen molar-refractivity contribution in [3.63, 3.8) is 0 Å². The third-order valence-corrected chi connectivity index (χ3v) is 3.46. The Morgan fingerprint density at radius 3 is 2.78 bits per heavy atom. The SMILES string of the molecule is Cc1cccc(Sc2nc3c(N)cccc3o2)c1. The van der Waals surface area contributed by atoms with Gasteiger partial charge in [-0.3, -0.25) is 0 Å². The summed E-state index contributed by atoms with van der Waals surface area (Å²) < 4.78 is 5.66. The summed E-state index contributed by atoms with van der Waals surface area (Å²) in [4.78, 5) is 5.52. The molecule has 0 saturated carbocycles. The topological polar surface area (TPSA) is 52.0 Å². The van der Waals surface area contributed by atoms with Crippen molar-refractivity contribution < 1.29 is 4.42 Å². The molecule has 0 radical (unpaired) electrons. The number of nitrogens with two attached hydrogens (primary N) is 1. The van der Waals surface area contributed by atoms with Gasteiger partial charge < -0.3 is 10.2 Å². The van der Waals surface area contributed by atoms with Gasteiger partial charge in [0.15, 0.2) is 5.58 Å². The van der Waals surface area contributed by atoms with Gasteiger partial charge in [-0.25, -0.2) is 4.98 Å². The molecule has 0 spiro atoms. The minimum Gasteiger partial charge on any atom is -0.431 e. The van der Waals surface area contributed by atoms with Crippen molar-refractivity contribution in [1.82, 2.24) is 4.98 Å². The number of fused-ring (bicyclic) bond motifs is 1. The second kappa shape index (κ2) is 4.38. The highest BCUT2D eigenvalue weighted by Crippen LogP contribution is 2.31. The molecular weight excluding hydrogens is 244 g/mol. The van der Waals surface area contributed by atoms with Gasteiger partial charge in [0, 0.05) is 4.90 Å². The highest BCUT2D eigenvalue weighted by atomic mass is 32.2. The Morgan fingerprint density at radius 1 is 1.17 bits per heavy atom. The molecule has 0 aliphatic rings. The van der Waals surface area contributed by atoms with Gasteiger partial charge in [0.1, 0.15) is 5.52 Å². The van der Waals surface area contributed by atoms with Gasteiger partial charge in [-0.1, -0.05) is 23.8 Å². The summed E-state index contributed by atoms with van der Waals surface area (Å²) in [5.74, 6) is 0. The lowest BCUT2D eigenvalue weighted by atomic mass is 10.2. The van der Waals surface area contributed by atoms with Gasteiger partial charge in [0.25, 0.3) is 5.22 Å². The first-order chi connectivity index (χ1) is 8.72. The Hall–Kier alpha value is -1.94. The highest BCUT2D eigenvalue weighted by Gasteiger charge is 2.09. The van der Waals surface area contributed by atoms with E-state index in [-0.39, 0.29) is 0 Å². The average Bonchev–Trinajstić information content (AvgIpc) is 2.73. The van der Waals surface area contributed by atoms with Gasteiger partial charge >= 0.3 is 0 Å². The fourth-order valence-corrected chi connectivity index (χ4v) is 2.63. The van der Waals surface area contributed by atoms with Crippen molar-refractivity contribution >= 4 is 28.5 Å². The lowest BCUT2D eigenvalue weighted by molar-refractivity contribution is 0.489. The quantitative estimate of drug-likeness (QED) is 0.707. The Kier molecular flexibility index (Phi) is 2.72. The van der Waals surface area contributed by atoms with E-state index < -0.39 is 0 Å². The van der Waals surface area contributed by atoms with E-state index in [1.54, 1.807) is 0 Å². The van der Waals surface area contributed by atoms with Crippen molar-refractivity contribution in [3.8, 4) is 0 Å². The van der Waals surface area contributed by atoms with E-state index in [9.17, 15) is 0 Å². The van der Waals surface area contributed by atoms with Gasteiger partial charge in [0.2, 0.25) is 0 Å². The van der Waals surface area contributed by atoms with Crippen LogP contribution in [0, 0.1) is 6.92 Å². The molecular formula is C14H12N2OS. The summed E-state index contributed by atoms with van der Waals surface area (Å²) in [5, 5.41) is 0.619. The van der Waals surface area contributed by atoms with Crippen LogP contribution in [0.3, 0.4) is 0 Å². The number of oxazole rings is 1. The van der Waals surface area contributed by atoms with Crippen LogP contribution in [-0.4, -0.2) is 4.98 Å². The number of rotatable bonds is 2. The average molecular weight is 256 g/mol. The number of para-hydroxylation sites is 1. The molecule has 4 heteroatoms. The predicted octanol–water partition coefficient (Wildman–Crippen LogP) is 3.87. The van der Waals surface area contributed by atoms with E-state index >= 15 is 0 Å². The van der Waals surface area contributed by atoms with Crippen LogP contribution in [0.2, 0.25) is 0 Å². The standard InChI is InChI=1S/C14H12N2OS/c1-9-4-2-5-10(8-9)18-14-16-13-11(15)6-3-7-12(13)17-14/h2-8H,15H2,1H3. The van der Waals surface area contributed by atoms with Crippen LogP contribution in [0.25, 0.3) is 11.1 Å². The molecule has 1 aromatic heterocycles. The lowest BCUT2D eigenvalue weighted by Crippen LogP contribution is -1.84. The summed E-state index contributed by atoms with van der Waals surface area (Å²) in [7, 11) is 0. The Bertz CT molecular complexity index is 706. The first-order valence-electron chi connectivity index (χ1n) is 5.62. The summed E-state index contributed by atoms with van der Waals surface area (Å²) in [6.07, 6.45) is 0. The molecule has 0 bridgehead atoms. The van der Waals surface area contributed by atoms with Crippen LogP contribution < -0.4 is 5.73 Å². The monoisotopic (exact) mass is 256 g/mol. The third kappa shape index (κ3) is 2.07. The Balaban J connectivity index is 1.98. The lowest BCUT2D eigenvalue weighted by Gasteiger charge is -1.97. The molecule has 0 saturated heterocycles. The van der Waals surface area contributed by atoms with Crippen molar-refractivity contribution in [1.29, 1.82) is 0 Å². The molecule has 0 fully saturated rings. The maximum absolute atomic E-state index is 5.86. The summed E-state index contributed by atoms with van der Waals surface area (Å²) in [5.41, 5.74) is 9.18. The van der Waals surface area contributed by atoms with E-state index in [1.807, 2.05) is 30.3 Å². The summed E-state index contributed by atoms with van der Waals surface area (Å²) in [6, 6.07) is 13.8. The number of anilines is 1. The van der Waals surface area contributed by atoms with Gasteiger partial charge in [-0.15, -0.1) is 0 Å². The zero-order valence-corrected chi connectivity index (χ0v) is 10.7. The van der Waals surface area contributed by atoms with Crippen molar-refractivity contribution in [2.75, 3.05) is 5.73 Å². The molecule has 2 N–H and O–H groups in total. The molecule has 0 aliphatic heterocycles. The molecule has 0 unspecified atom stereocenters. The molecule has 3 aromatic rings. The first-order valence-corrected chi connectivity index (χ1v) is 6.43. The zero-order valence-electron chi connectivity index (χ0n) is 9.88. The molecule has 18 heavy (non-hydrogen) atoms. The summed E-state index contributed by atoms with van der Waals surface area (Å²) in [6.45, 7) is 2.06. The minimum absolute atomic E-state index is 0.619. The van der Waals surface area contributed by atoms with Crippen LogP contribution >= 0.6 is 11.8 Å². The number of hydrogen-bond donors (Lipinski definition) is 1. The maximum atomic E-state index is 5.86.